The number of carbonyl (C=O) groups is 1. The Hall–Kier alpha value is -0.610. The zero-order valence-electron chi connectivity index (χ0n) is 11.3. The van der Waals surface area contributed by atoms with Crippen LogP contribution in [0.2, 0.25) is 0 Å². The normalized spacial score (nSPS) is 17.9. The minimum Gasteiger partial charge on any atom is -0.385 e. The first-order valence-corrected chi connectivity index (χ1v) is 6.41. The van der Waals surface area contributed by atoms with Gasteiger partial charge in [0.1, 0.15) is 0 Å². The molecule has 0 bridgehead atoms. The van der Waals surface area contributed by atoms with Gasteiger partial charge in [0.2, 0.25) is 5.91 Å². The lowest BCUT2D eigenvalue weighted by Crippen LogP contribution is -2.36. The Kier molecular flexibility index (Phi) is 4.95. The molecule has 0 saturated heterocycles. The Labute approximate surface area is 104 Å². The van der Waals surface area contributed by atoms with Crippen LogP contribution in [-0.4, -0.2) is 31.7 Å². The highest BCUT2D eigenvalue weighted by atomic mass is 16.5. The van der Waals surface area contributed by atoms with Crippen molar-refractivity contribution in [1.29, 1.82) is 0 Å². The first kappa shape index (κ1) is 14.5. The number of methoxy groups -OCH3 is 1. The van der Waals surface area contributed by atoms with Crippen LogP contribution in [0.15, 0.2) is 0 Å². The van der Waals surface area contributed by atoms with Gasteiger partial charge in [0.05, 0.1) is 0 Å². The molecule has 100 valence electrons. The first-order chi connectivity index (χ1) is 7.87. The molecule has 0 atom stereocenters. The second-order valence-corrected chi connectivity index (χ2v) is 6.01. The van der Waals surface area contributed by atoms with Gasteiger partial charge in [0, 0.05) is 32.2 Å². The van der Waals surface area contributed by atoms with E-state index in [9.17, 15) is 4.79 Å². The van der Waals surface area contributed by atoms with Gasteiger partial charge in [-0.3, -0.25) is 4.79 Å². The second-order valence-electron chi connectivity index (χ2n) is 6.01. The third kappa shape index (κ3) is 6.03. The highest BCUT2D eigenvalue weighted by Gasteiger charge is 2.41. The molecule has 4 heteroatoms. The van der Waals surface area contributed by atoms with E-state index in [4.69, 9.17) is 10.5 Å². The lowest BCUT2D eigenvalue weighted by atomic mass is 9.99. The van der Waals surface area contributed by atoms with E-state index >= 15 is 0 Å². The zero-order valence-corrected chi connectivity index (χ0v) is 11.3. The lowest BCUT2D eigenvalue weighted by molar-refractivity contribution is -0.121. The monoisotopic (exact) mass is 242 g/mol. The number of nitrogens with two attached hydrogens (primary N) is 1. The van der Waals surface area contributed by atoms with E-state index in [2.05, 4.69) is 5.32 Å². The topological polar surface area (TPSA) is 64.3 Å². The van der Waals surface area contributed by atoms with Gasteiger partial charge < -0.3 is 15.8 Å². The average Bonchev–Trinajstić information content (AvgIpc) is 3.01. The molecule has 1 rings (SSSR count). The number of ether oxygens (including phenoxy) is 1. The van der Waals surface area contributed by atoms with Gasteiger partial charge >= 0.3 is 0 Å². The molecule has 1 fully saturated rings. The van der Waals surface area contributed by atoms with Gasteiger partial charge in [-0.2, -0.15) is 0 Å². The molecular formula is C13H26N2O2. The maximum atomic E-state index is 11.6. The fraction of sp³-hybridized carbons (Fsp3) is 0.923. The van der Waals surface area contributed by atoms with Crippen LogP contribution in [0.5, 0.6) is 0 Å². The van der Waals surface area contributed by atoms with Crippen molar-refractivity contribution in [2.45, 2.75) is 51.5 Å². The Balaban J connectivity index is 2.15. The molecule has 4 nitrogen and oxygen atoms in total. The molecule has 1 aliphatic carbocycles. The van der Waals surface area contributed by atoms with Crippen LogP contribution in [0.25, 0.3) is 0 Å². The van der Waals surface area contributed by atoms with Crippen molar-refractivity contribution in [2.24, 2.45) is 11.1 Å². The summed E-state index contributed by atoms with van der Waals surface area (Å²) in [6, 6.07) is 0. The molecule has 0 spiro atoms. The molecule has 0 aromatic carbocycles. The number of hydrogen-bond acceptors (Lipinski definition) is 3. The van der Waals surface area contributed by atoms with Crippen molar-refractivity contribution >= 4 is 5.91 Å². The zero-order chi connectivity index (χ0) is 12.9. The predicted octanol–water partition coefficient (Wildman–Crippen LogP) is 1.44. The molecule has 0 aliphatic heterocycles. The molecule has 0 radical (unpaired) electrons. The summed E-state index contributed by atoms with van der Waals surface area (Å²) in [6.07, 6.45) is 4.71. The smallest absolute Gasteiger partial charge is 0.220 e. The van der Waals surface area contributed by atoms with E-state index in [0.29, 0.717) is 11.8 Å². The van der Waals surface area contributed by atoms with Crippen LogP contribution < -0.4 is 11.1 Å². The molecule has 17 heavy (non-hydrogen) atoms. The summed E-state index contributed by atoms with van der Waals surface area (Å²) < 4.78 is 5.09. The molecule has 0 unspecified atom stereocenters. The third-order valence-corrected chi connectivity index (χ3v) is 3.45. The third-order valence-electron chi connectivity index (χ3n) is 3.45. The summed E-state index contributed by atoms with van der Waals surface area (Å²) in [5, 5.41) is 3.02. The van der Waals surface area contributed by atoms with Crippen molar-refractivity contribution < 1.29 is 9.53 Å². The van der Waals surface area contributed by atoms with E-state index in [1.165, 1.54) is 12.8 Å². The molecule has 0 aromatic heterocycles. The summed E-state index contributed by atoms with van der Waals surface area (Å²) in [6.45, 7) is 5.47. The predicted molar refractivity (Wildman–Crippen MR) is 68.7 cm³/mol. The van der Waals surface area contributed by atoms with Gasteiger partial charge in [-0.1, -0.05) is 0 Å². The largest absolute Gasteiger partial charge is 0.385 e. The average molecular weight is 242 g/mol. The fourth-order valence-electron chi connectivity index (χ4n) is 1.82. The van der Waals surface area contributed by atoms with Crippen molar-refractivity contribution in [3.8, 4) is 0 Å². The van der Waals surface area contributed by atoms with Crippen LogP contribution in [0.1, 0.15) is 46.0 Å². The quantitative estimate of drug-likeness (QED) is 0.677. The highest BCUT2D eigenvalue weighted by Crippen LogP contribution is 2.48. The van der Waals surface area contributed by atoms with Gasteiger partial charge in [-0.05, 0) is 44.9 Å². The van der Waals surface area contributed by atoms with Gasteiger partial charge in [-0.15, -0.1) is 0 Å². The molecule has 1 saturated carbocycles. The molecule has 3 N–H and O–H groups in total. The van der Waals surface area contributed by atoms with Crippen molar-refractivity contribution in [3.05, 3.63) is 0 Å². The summed E-state index contributed by atoms with van der Waals surface area (Å²) in [5.74, 6) is 0.118. The van der Waals surface area contributed by atoms with Crippen molar-refractivity contribution in [2.75, 3.05) is 20.3 Å². The number of nitrogens with one attached hydrogen (secondary N) is 1. The highest BCUT2D eigenvalue weighted by molar-refractivity contribution is 5.76. The number of hydrogen-bond donors (Lipinski definition) is 2. The van der Waals surface area contributed by atoms with E-state index in [-0.39, 0.29) is 11.4 Å². The minimum atomic E-state index is -0.259. The number of carbonyl (C=O) groups excluding carboxylic acids is 1. The Morgan fingerprint density at radius 1 is 1.47 bits per heavy atom. The van der Waals surface area contributed by atoms with Crippen molar-refractivity contribution in [1.82, 2.24) is 5.32 Å². The maximum absolute atomic E-state index is 11.6. The Morgan fingerprint density at radius 3 is 2.59 bits per heavy atom. The van der Waals surface area contributed by atoms with Crippen LogP contribution in [0, 0.1) is 5.41 Å². The summed E-state index contributed by atoms with van der Waals surface area (Å²) >= 11 is 0. The second kappa shape index (κ2) is 5.83. The van der Waals surface area contributed by atoms with Gasteiger partial charge in [0.15, 0.2) is 0 Å². The first-order valence-electron chi connectivity index (χ1n) is 6.41. The fourth-order valence-corrected chi connectivity index (χ4v) is 1.82. The molecule has 1 amide bonds. The van der Waals surface area contributed by atoms with E-state index in [1.807, 2.05) is 13.8 Å². The molecule has 0 aromatic rings. The number of rotatable bonds is 8. The van der Waals surface area contributed by atoms with Crippen LogP contribution in [0.4, 0.5) is 0 Å². The Bertz CT molecular complexity index is 255. The molecular weight excluding hydrogens is 216 g/mol. The standard InChI is InChI=1S/C13H26N2O2/c1-12(2,14)5-4-11(16)15-10-13(6-7-13)8-9-17-3/h4-10,14H2,1-3H3,(H,15,16). The van der Waals surface area contributed by atoms with Crippen LogP contribution >= 0.6 is 0 Å². The van der Waals surface area contributed by atoms with Gasteiger partial charge in [0.25, 0.3) is 0 Å². The summed E-state index contributed by atoms with van der Waals surface area (Å²) in [7, 11) is 1.72. The maximum Gasteiger partial charge on any atom is 0.220 e. The van der Waals surface area contributed by atoms with E-state index in [1.54, 1.807) is 7.11 Å². The minimum absolute atomic E-state index is 0.118. The van der Waals surface area contributed by atoms with Crippen molar-refractivity contribution in [3.63, 3.8) is 0 Å². The molecule has 0 heterocycles. The Morgan fingerprint density at radius 2 is 2.12 bits per heavy atom. The summed E-state index contributed by atoms with van der Waals surface area (Å²) in [5.41, 5.74) is 5.91. The summed E-state index contributed by atoms with van der Waals surface area (Å²) in [4.78, 5) is 11.6. The molecule has 1 aliphatic rings. The van der Waals surface area contributed by atoms with Crippen LogP contribution in [0.3, 0.4) is 0 Å². The lowest BCUT2D eigenvalue weighted by Gasteiger charge is -2.19. The number of amides is 1. The van der Waals surface area contributed by atoms with Crippen LogP contribution in [-0.2, 0) is 9.53 Å². The van der Waals surface area contributed by atoms with E-state index < -0.39 is 0 Å². The van der Waals surface area contributed by atoms with E-state index in [0.717, 1.165) is 26.0 Å². The van der Waals surface area contributed by atoms with Gasteiger partial charge in [-0.25, -0.2) is 0 Å². The SMILES string of the molecule is COCCC1(CNC(=O)CCC(C)(C)N)CC1.